The van der Waals surface area contributed by atoms with Crippen LogP contribution in [0.15, 0.2) is 127 Å². The summed E-state index contributed by atoms with van der Waals surface area (Å²) in [6, 6.07) is 46.1. The molecule has 0 radical (unpaired) electrons. The Kier molecular flexibility index (Phi) is 7.21. The van der Waals surface area contributed by atoms with Crippen molar-refractivity contribution in [1.29, 1.82) is 5.26 Å². The first-order chi connectivity index (χ1) is 25.0. The van der Waals surface area contributed by atoms with Gasteiger partial charge >= 0.3 is 5.97 Å². The second-order valence-electron chi connectivity index (χ2n) is 14.6. The Balaban J connectivity index is 1.14. The lowest BCUT2D eigenvalue weighted by atomic mass is 9.82. The summed E-state index contributed by atoms with van der Waals surface area (Å²) in [6.07, 6.45) is 1.44. The van der Waals surface area contributed by atoms with Gasteiger partial charge in [0.2, 0.25) is 0 Å². The van der Waals surface area contributed by atoms with Gasteiger partial charge in [0.15, 0.2) is 0 Å². The van der Waals surface area contributed by atoms with Crippen LogP contribution in [0, 0.1) is 11.3 Å². The van der Waals surface area contributed by atoms with E-state index in [1.54, 1.807) is 17.4 Å². The highest BCUT2D eigenvalue weighted by atomic mass is 32.1. The molecule has 2 heterocycles. The van der Waals surface area contributed by atoms with Crippen molar-refractivity contribution in [3.05, 3.63) is 154 Å². The first-order valence-electron chi connectivity index (χ1n) is 17.3. The second kappa shape index (κ2) is 11.6. The van der Waals surface area contributed by atoms with Crippen molar-refractivity contribution in [2.75, 3.05) is 4.90 Å². The molecule has 9 rings (SSSR count). The number of carboxylic acid groups (broad SMARTS) is 1. The summed E-state index contributed by atoms with van der Waals surface area (Å²) in [4.78, 5) is 15.6. The van der Waals surface area contributed by atoms with Gasteiger partial charge in [-0.05, 0) is 105 Å². The lowest BCUT2D eigenvalue weighted by molar-refractivity contribution is -0.132. The molecule has 2 aromatic heterocycles. The highest BCUT2D eigenvalue weighted by Crippen LogP contribution is 2.53. The van der Waals surface area contributed by atoms with Crippen LogP contribution in [0.4, 0.5) is 17.1 Å². The molecule has 5 aromatic carbocycles. The molecule has 0 bridgehead atoms. The molecule has 6 heteroatoms. The van der Waals surface area contributed by atoms with Crippen LogP contribution < -0.4 is 4.90 Å². The summed E-state index contributed by atoms with van der Waals surface area (Å²) in [5.74, 6) is -1.21. The van der Waals surface area contributed by atoms with Crippen molar-refractivity contribution < 1.29 is 9.90 Å². The summed E-state index contributed by atoms with van der Waals surface area (Å²) in [5, 5.41) is 18.5. The van der Waals surface area contributed by atoms with Gasteiger partial charge in [0, 0.05) is 47.0 Å². The zero-order valence-corrected chi connectivity index (χ0v) is 30.8. The molecule has 0 amide bonds. The third-order valence-electron chi connectivity index (χ3n) is 10.9. The van der Waals surface area contributed by atoms with E-state index in [1.807, 2.05) is 6.07 Å². The van der Waals surface area contributed by atoms with Crippen LogP contribution in [0.25, 0.3) is 48.2 Å². The molecule has 7 aromatic rings. The van der Waals surface area contributed by atoms with E-state index in [0.717, 1.165) is 41.8 Å². The third-order valence-corrected chi connectivity index (χ3v) is 13.2. The largest absolute Gasteiger partial charge is 0.477 e. The maximum atomic E-state index is 11.3. The second-order valence-corrected chi connectivity index (χ2v) is 16.8. The predicted molar refractivity (Wildman–Crippen MR) is 216 cm³/mol. The van der Waals surface area contributed by atoms with Crippen molar-refractivity contribution in [3.63, 3.8) is 0 Å². The zero-order valence-electron chi connectivity index (χ0n) is 29.2. The van der Waals surface area contributed by atoms with Gasteiger partial charge < -0.3 is 10.0 Å². The minimum Gasteiger partial charge on any atom is -0.477 e. The number of rotatable bonds is 6. The van der Waals surface area contributed by atoms with E-state index in [9.17, 15) is 15.2 Å². The van der Waals surface area contributed by atoms with Gasteiger partial charge in [-0.2, -0.15) is 5.26 Å². The lowest BCUT2D eigenvalue weighted by Crippen LogP contribution is -2.18. The maximum Gasteiger partial charge on any atom is 0.346 e. The number of hydrogen-bond donors (Lipinski definition) is 1. The number of anilines is 3. The Morgan fingerprint density at radius 1 is 0.635 bits per heavy atom. The van der Waals surface area contributed by atoms with E-state index in [-0.39, 0.29) is 16.4 Å². The summed E-state index contributed by atoms with van der Waals surface area (Å²) in [7, 11) is 0. The third kappa shape index (κ3) is 4.88. The highest BCUT2D eigenvalue weighted by Gasteiger charge is 2.37. The van der Waals surface area contributed by atoms with E-state index in [1.165, 1.54) is 61.9 Å². The number of aliphatic carboxylic acids is 1. The number of benzene rings is 5. The van der Waals surface area contributed by atoms with Gasteiger partial charge in [-0.15, -0.1) is 22.7 Å². The van der Waals surface area contributed by atoms with Crippen LogP contribution in [-0.2, 0) is 15.6 Å². The minimum absolute atomic E-state index is 0.121. The van der Waals surface area contributed by atoms with Crippen molar-refractivity contribution >= 4 is 61.2 Å². The fourth-order valence-corrected chi connectivity index (χ4v) is 10.6. The molecule has 0 aliphatic heterocycles. The smallest absolute Gasteiger partial charge is 0.346 e. The van der Waals surface area contributed by atoms with Crippen LogP contribution in [0.3, 0.4) is 0 Å². The first-order valence-corrected chi connectivity index (χ1v) is 19.0. The molecule has 1 N–H and O–H groups in total. The van der Waals surface area contributed by atoms with Gasteiger partial charge in [0.1, 0.15) is 11.6 Å². The molecule has 0 saturated heterocycles. The van der Waals surface area contributed by atoms with Gasteiger partial charge in [0.25, 0.3) is 0 Å². The monoisotopic (exact) mass is 710 g/mol. The number of thiophene rings is 2. The molecule has 2 aliphatic carbocycles. The molecule has 2 aliphatic rings. The SMILES string of the molecule is CC1(C)c2ccccc2-c2ccc(N(c3ccc(-c4cc5sc(/C=C(/C#N)C(=O)O)cc5s4)cc3)c3ccc4c(c3)C(C)(C)c3ccccc3-4)cc21. The Bertz CT molecular complexity index is 2550. The summed E-state index contributed by atoms with van der Waals surface area (Å²) < 4.78 is 2.14. The van der Waals surface area contributed by atoms with Gasteiger partial charge in [-0.3, -0.25) is 0 Å². The molecule has 0 spiro atoms. The molecule has 52 heavy (non-hydrogen) atoms. The van der Waals surface area contributed by atoms with Crippen LogP contribution in [0.2, 0.25) is 0 Å². The highest BCUT2D eigenvalue weighted by molar-refractivity contribution is 7.29. The summed E-state index contributed by atoms with van der Waals surface area (Å²) >= 11 is 3.17. The molecule has 0 saturated carbocycles. The molecular weight excluding hydrogens is 677 g/mol. The zero-order chi connectivity index (χ0) is 35.9. The van der Waals surface area contributed by atoms with Crippen molar-refractivity contribution in [3.8, 4) is 38.8 Å². The summed E-state index contributed by atoms with van der Waals surface area (Å²) in [5.41, 5.74) is 14.6. The Morgan fingerprint density at radius 2 is 1.13 bits per heavy atom. The number of hydrogen-bond acceptors (Lipinski definition) is 5. The van der Waals surface area contributed by atoms with Gasteiger partial charge in [-0.1, -0.05) is 100 Å². The molecule has 252 valence electrons. The van der Waals surface area contributed by atoms with E-state index in [4.69, 9.17) is 0 Å². The standard InChI is InChI=1S/C46H34N2O2S2/c1-45(2)37-11-7-5-9-33(37)35-19-17-30(22-39(35)45)48(31-18-20-36-34-10-6-8-12-38(34)46(3,4)40(36)23-31)29-15-13-27(14-16-29)41-25-43-42(52-41)24-32(51-43)21-28(26-47)44(49)50/h5-25H,1-4H3,(H,49,50)/b28-21-. The van der Waals surface area contributed by atoms with Crippen LogP contribution in [-0.4, -0.2) is 11.1 Å². The molecular formula is C46H34N2O2S2. The van der Waals surface area contributed by atoms with Crippen molar-refractivity contribution in [1.82, 2.24) is 0 Å². The number of nitriles is 1. The fraction of sp³-hybridized carbons (Fsp3) is 0.130. The van der Waals surface area contributed by atoms with Crippen molar-refractivity contribution in [2.45, 2.75) is 38.5 Å². The lowest BCUT2D eigenvalue weighted by Gasteiger charge is -2.30. The van der Waals surface area contributed by atoms with E-state index in [2.05, 4.69) is 148 Å². The fourth-order valence-electron chi connectivity index (χ4n) is 8.24. The quantitative estimate of drug-likeness (QED) is 0.138. The molecule has 0 atom stereocenters. The Hall–Kier alpha value is -5.74. The number of fused-ring (bicyclic) bond motifs is 7. The number of nitrogens with zero attached hydrogens (tertiary/aromatic N) is 2. The molecule has 0 unspecified atom stereocenters. The number of carbonyl (C=O) groups is 1. The van der Waals surface area contributed by atoms with E-state index >= 15 is 0 Å². The maximum absolute atomic E-state index is 11.3. The van der Waals surface area contributed by atoms with Gasteiger partial charge in [0.05, 0.1) is 0 Å². The van der Waals surface area contributed by atoms with E-state index < -0.39 is 5.97 Å². The average Bonchev–Trinajstić information content (AvgIpc) is 3.84. The van der Waals surface area contributed by atoms with Crippen LogP contribution in [0.5, 0.6) is 0 Å². The topological polar surface area (TPSA) is 64.3 Å². The summed E-state index contributed by atoms with van der Waals surface area (Å²) in [6.45, 7) is 9.32. The minimum atomic E-state index is -1.21. The van der Waals surface area contributed by atoms with Crippen molar-refractivity contribution in [2.24, 2.45) is 0 Å². The Labute approximate surface area is 311 Å². The normalized spacial score (nSPS) is 14.7. The Morgan fingerprint density at radius 3 is 1.65 bits per heavy atom. The van der Waals surface area contributed by atoms with Crippen LogP contribution >= 0.6 is 22.7 Å². The first kappa shape index (κ1) is 32.2. The van der Waals surface area contributed by atoms with E-state index in [0.29, 0.717) is 0 Å². The molecule has 0 fully saturated rings. The number of carboxylic acids is 1. The van der Waals surface area contributed by atoms with Crippen LogP contribution in [0.1, 0.15) is 54.8 Å². The average molecular weight is 711 g/mol. The predicted octanol–water partition coefficient (Wildman–Crippen LogP) is 12.7. The van der Waals surface area contributed by atoms with Gasteiger partial charge in [-0.25, -0.2) is 4.79 Å². The molecule has 4 nitrogen and oxygen atoms in total.